The van der Waals surface area contributed by atoms with Gasteiger partial charge in [-0.2, -0.15) is 13.2 Å². The quantitative estimate of drug-likeness (QED) is 0.228. The SMILES string of the molecule is C=C(Nc1cc(C)cc(C(F)(F)F)c1)N[C@H](CN=P(CCCC)(CCCC)CCCC)C(C)(C)C. The van der Waals surface area contributed by atoms with E-state index in [0.717, 1.165) is 12.1 Å². The molecule has 3 nitrogen and oxygen atoms in total. The summed E-state index contributed by atoms with van der Waals surface area (Å²) in [5.74, 6) is 0.499. The number of aryl methyl sites for hydroxylation is 1. The summed E-state index contributed by atoms with van der Waals surface area (Å²) in [4.78, 5) is 0. The molecule has 1 rings (SSSR count). The molecule has 1 aromatic carbocycles. The summed E-state index contributed by atoms with van der Waals surface area (Å²) in [7, 11) is -1.40. The van der Waals surface area contributed by atoms with Crippen molar-refractivity contribution in [3.63, 3.8) is 0 Å². The first-order chi connectivity index (χ1) is 16.3. The molecule has 35 heavy (non-hydrogen) atoms. The Hall–Kier alpha value is -1.42. The lowest BCUT2D eigenvalue weighted by Crippen LogP contribution is -2.43. The predicted octanol–water partition coefficient (Wildman–Crippen LogP) is 9.50. The van der Waals surface area contributed by atoms with E-state index in [1.54, 1.807) is 13.0 Å². The molecule has 0 spiro atoms. The van der Waals surface area contributed by atoms with Gasteiger partial charge in [0.15, 0.2) is 0 Å². The van der Waals surface area contributed by atoms with E-state index in [9.17, 15) is 13.2 Å². The maximum atomic E-state index is 13.3. The minimum absolute atomic E-state index is 0.0265. The fourth-order valence-electron chi connectivity index (χ4n) is 4.14. The number of nitrogens with one attached hydrogen (secondary N) is 2. The zero-order chi connectivity index (χ0) is 26.7. The van der Waals surface area contributed by atoms with Crippen LogP contribution in [-0.4, -0.2) is 31.1 Å². The van der Waals surface area contributed by atoms with E-state index in [0.29, 0.717) is 23.6 Å². The Kier molecular flexibility index (Phi) is 13.0. The Balaban J connectivity index is 3.14. The summed E-state index contributed by atoms with van der Waals surface area (Å²) >= 11 is 0. The van der Waals surface area contributed by atoms with Crippen molar-refractivity contribution in [3.8, 4) is 0 Å². The minimum atomic E-state index is -4.38. The molecule has 0 fully saturated rings. The Bertz CT molecular complexity index is 812. The number of halogens is 3. The normalized spacial score (nSPS) is 13.4. The Morgan fingerprint density at radius 1 is 0.943 bits per heavy atom. The van der Waals surface area contributed by atoms with Gasteiger partial charge in [-0.15, -0.1) is 0 Å². The summed E-state index contributed by atoms with van der Waals surface area (Å²) in [6.45, 7) is 19.7. The van der Waals surface area contributed by atoms with Gasteiger partial charge in [-0.25, -0.2) is 0 Å². The zero-order valence-electron chi connectivity index (χ0n) is 23.1. The topological polar surface area (TPSA) is 36.4 Å². The first-order valence-corrected chi connectivity index (χ1v) is 15.5. The summed E-state index contributed by atoms with van der Waals surface area (Å²) in [5, 5.41) is 6.52. The van der Waals surface area contributed by atoms with Crippen molar-refractivity contribution < 1.29 is 13.2 Å². The van der Waals surface area contributed by atoms with E-state index in [-0.39, 0.29) is 11.5 Å². The van der Waals surface area contributed by atoms with Crippen LogP contribution in [-0.2, 0) is 6.18 Å². The van der Waals surface area contributed by atoms with Crippen LogP contribution in [0.5, 0.6) is 0 Å². The van der Waals surface area contributed by atoms with E-state index in [2.05, 4.69) is 58.8 Å². The van der Waals surface area contributed by atoms with E-state index in [1.807, 2.05) is 0 Å². The molecular weight excluding hydrogens is 466 g/mol. The third-order valence-corrected chi connectivity index (χ3v) is 10.7. The van der Waals surface area contributed by atoms with Crippen LogP contribution in [0, 0.1) is 12.3 Å². The average molecular weight is 516 g/mol. The van der Waals surface area contributed by atoms with Gasteiger partial charge in [0.05, 0.1) is 24.0 Å². The van der Waals surface area contributed by atoms with Gasteiger partial charge >= 0.3 is 6.18 Å². The standard InChI is InChI=1S/C28H49F3N3P/c1-9-12-15-35(16-13-10-2,17-14-11-3)32-21-26(27(6,7)8)34-23(5)33-25-19-22(4)18-24(20-25)28(29,30)31/h18-20,26,33-34H,5,9-17,21H2,1-4,6-8H3/t26-/m1/s1. The molecule has 0 saturated carbocycles. The second-order valence-electron chi connectivity index (χ2n) is 10.9. The van der Waals surface area contributed by atoms with Crippen molar-refractivity contribution in [1.82, 2.24) is 5.32 Å². The number of benzene rings is 1. The number of rotatable bonds is 15. The summed E-state index contributed by atoms with van der Waals surface area (Å²) in [6.07, 6.45) is 6.53. The largest absolute Gasteiger partial charge is 0.416 e. The number of hydrogen-bond donors (Lipinski definition) is 2. The Labute approximate surface area is 212 Å². The second-order valence-corrected chi connectivity index (χ2v) is 14.7. The first-order valence-electron chi connectivity index (χ1n) is 13.2. The van der Waals surface area contributed by atoms with Crippen LogP contribution in [0.15, 0.2) is 35.3 Å². The third kappa shape index (κ3) is 11.5. The number of hydrogen-bond acceptors (Lipinski definition) is 3. The molecule has 1 atom stereocenters. The van der Waals surface area contributed by atoms with Crippen molar-refractivity contribution in [2.75, 3.05) is 30.3 Å². The molecule has 0 saturated heterocycles. The fourth-order valence-corrected chi connectivity index (χ4v) is 8.45. The van der Waals surface area contributed by atoms with Crippen molar-refractivity contribution in [2.45, 2.75) is 99.2 Å². The van der Waals surface area contributed by atoms with E-state index < -0.39 is 18.8 Å². The van der Waals surface area contributed by atoms with Crippen LogP contribution in [0.4, 0.5) is 18.9 Å². The molecular formula is C28H49F3N3P. The van der Waals surface area contributed by atoms with Gasteiger partial charge in [-0.05, 0) is 80.9 Å². The van der Waals surface area contributed by atoms with Crippen LogP contribution in [0.25, 0.3) is 0 Å². The van der Waals surface area contributed by atoms with Crippen molar-refractivity contribution >= 4 is 12.7 Å². The molecule has 0 unspecified atom stereocenters. The third-order valence-electron chi connectivity index (χ3n) is 6.44. The van der Waals surface area contributed by atoms with E-state index in [1.165, 1.54) is 57.0 Å². The van der Waals surface area contributed by atoms with Crippen LogP contribution in [0.2, 0.25) is 0 Å². The predicted molar refractivity (Wildman–Crippen MR) is 149 cm³/mol. The van der Waals surface area contributed by atoms with Gasteiger partial charge in [-0.1, -0.05) is 67.4 Å². The van der Waals surface area contributed by atoms with Crippen LogP contribution < -0.4 is 10.6 Å². The maximum absolute atomic E-state index is 13.3. The molecule has 0 amide bonds. The summed E-state index contributed by atoms with van der Waals surface area (Å²) < 4.78 is 45.2. The lowest BCUT2D eigenvalue weighted by molar-refractivity contribution is -0.137. The highest BCUT2D eigenvalue weighted by molar-refractivity contribution is 7.66. The molecule has 0 aliphatic heterocycles. The molecule has 0 aromatic heterocycles. The molecule has 202 valence electrons. The first kappa shape index (κ1) is 31.6. The number of anilines is 1. The molecule has 0 bridgehead atoms. The number of unbranched alkanes of at least 4 members (excludes halogenated alkanes) is 3. The number of nitrogens with zero attached hydrogens (tertiary/aromatic N) is 1. The smallest absolute Gasteiger partial charge is 0.367 e. The van der Waals surface area contributed by atoms with Crippen LogP contribution in [0.3, 0.4) is 0 Å². The lowest BCUT2D eigenvalue weighted by Gasteiger charge is -2.34. The highest BCUT2D eigenvalue weighted by Gasteiger charge is 2.31. The van der Waals surface area contributed by atoms with Gasteiger partial charge in [-0.3, -0.25) is 0 Å². The van der Waals surface area contributed by atoms with Gasteiger partial charge in [0.1, 0.15) is 0 Å². The summed E-state index contributed by atoms with van der Waals surface area (Å²) in [6, 6.07) is 4.02. The number of alkyl halides is 3. The lowest BCUT2D eigenvalue weighted by atomic mass is 9.87. The molecule has 2 N–H and O–H groups in total. The highest BCUT2D eigenvalue weighted by atomic mass is 31.2. The molecule has 7 heteroatoms. The van der Waals surface area contributed by atoms with Crippen LogP contribution >= 0.6 is 7.05 Å². The summed E-state index contributed by atoms with van der Waals surface area (Å²) in [5.41, 5.74) is 0.186. The maximum Gasteiger partial charge on any atom is 0.416 e. The zero-order valence-corrected chi connectivity index (χ0v) is 24.0. The van der Waals surface area contributed by atoms with Crippen molar-refractivity contribution in [1.29, 1.82) is 0 Å². The minimum Gasteiger partial charge on any atom is -0.367 e. The van der Waals surface area contributed by atoms with Crippen molar-refractivity contribution in [2.24, 2.45) is 10.2 Å². The fraction of sp³-hybridized carbons (Fsp3) is 0.714. The average Bonchev–Trinajstić information content (AvgIpc) is 2.75. The molecule has 0 heterocycles. The Morgan fingerprint density at radius 3 is 1.89 bits per heavy atom. The van der Waals surface area contributed by atoms with Gasteiger partial charge in [0.2, 0.25) is 0 Å². The van der Waals surface area contributed by atoms with E-state index >= 15 is 0 Å². The van der Waals surface area contributed by atoms with Crippen molar-refractivity contribution in [3.05, 3.63) is 41.7 Å². The monoisotopic (exact) mass is 515 g/mol. The molecule has 0 aliphatic carbocycles. The van der Waals surface area contributed by atoms with Gasteiger partial charge in [0, 0.05) is 5.69 Å². The Morgan fingerprint density at radius 2 is 1.46 bits per heavy atom. The van der Waals surface area contributed by atoms with Gasteiger partial charge < -0.3 is 15.4 Å². The molecule has 1 aromatic rings. The molecule has 0 aliphatic rings. The van der Waals surface area contributed by atoms with Gasteiger partial charge in [0.25, 0.3) is 0 Å². The molecule has 0 radical (unpaired) electrons. The van der Waals surface area contributed by atoms with E-state index in [4.69, 9.17) is 4.74 Å². The van der Waals surface area contributed by atoms with Crippen LogP contribution in [0.1, 0.15) is 91.2 Å². The highest BCUT2D eigenvalue weighted by Crippen LogP contribution is 2.52. The second kappa shape index (κ2) is 14.4.